The molecular formula is C103H87BBr3Cl3N10O8Zn. The molecule has 644 valence electrons. The van der Waals surface area contributed by atoms with Gasteiger partial charge >= 0.3 is 3.18 Å². The number of fused-ring (bicyclic) bond motifs is 4. The molecule has 0 aliphatic rings. The zero-order valence-corrected chi connectivity index (χ0v) is 79.0. The van der Waals surface area contributed by atoms with Gasteiger partial charge in [-0.3, -0.25) is 14.9 Å². The number of hydrogen-bond acceptors (Lipinski definition) is 16. The molecule has 0 unspecified atom stereocenters. The van der Waals surface area contributed by atoms with E-state index >= 15 is 0 Å². The van der Waals surface area contributed by atoms with Crippen molar-refractivity contribution in [3.05, 3.63) is 415 Å². The van der Waals surface area contributed by atoms with Crippen LogP contribution in [0.15, 0.2) is 383 Å². The number of non-ortho nitro benzene ring substituents is 1. The van der Waals surface area contributed by atoms with Crippen LogP contribution in [0.3, 0.4) is 0 Å². The van der Waals surface area contributed by atoms with Gasteiger partial charge < -0.3 is 51.8 Å². The minimum absolute atomic E-state index is 0. The van der Waals surface area contributed by atoms with E-state index in [2.05, 4.69) is 168 Å². The van der Waals surface area contributed by atoms with Gasteiger partial charge in [-0.05, 0) is 198 Å². The maximum Gasteiger partial charge on any atom is 0.369 e. The van der Waals surface area contributed by atoms with Crippen LogP contribution in [0.4, 0.5) is 51.6 Å². The number of hydrogen-bond donors (Lipinski definition) is 7. The maximum absolute atomic E-state index is 11.1. The van der Waals surface area contributed by atoms with Crippen molar-refractivity contribution in [2.45, 2.75) is 34.2 Å². The Morgan fingerprint density at radius 3 is 1.02 bits per heavy atom. The van der Waals surface area contributed by atoms with Crippen molar-refractivity contribution in [1.29, 1.82) is 0 Å². The Balaban J connectivity index is 0.000000172. The fourth-order valence-electron chi connectivity index (χ4n) is 13.6. The summed E-state index contributed by atoms with van der Waals surface area (Å²) in [7, 11) is 0. The molecule has 18 rings (SSSR count). The number of nitrogens with one attached hydrogen (secondary N) is 3. The van der Waals surface area contributed by atoms with Crippen LogP contribution >= 0.6 is 82.1 Å². The van der Waals surface area contributed by atoms with Crippen LogP contribution in [0.1, 0.15) is 31.0 Å². The van der Waals surface area contributed by atoms with E-state index in [9.17, 15) is 15.2 Å². The van der Waals surface area contributed by atoms with E-state index in [1.807, 2.05) is 243 Å². The minimum Gasteiger partial charge on any atom is -0.508 e. The van der Waals surface area contributed by atoms with E-state index in [1.54, 1.807) is 42.9 Å². The number of aromatic nitrogens is 4. The number of pyridine rings is 4. The third-order valence-electron chi connectivity index (χ3n) is 19.1. The standard InChI is InChI=1S/C28H21N3O3.C28H23N3O.C22H16ClNO.C21H17N3O.C2H4O2.CH2Cl2.CH4.BBr3.Zn/c32-31(33)23-11-5-10-22(18-23)30-28-27-14-6-13-25(26(27)15-16-29-28)21-9-4-12-24(17-21)34-19-20-7-2-1-3-8-20;29-22-10-5-11-23(18-22)31-28-27-14-6-13-25(26(27)15-16-30-28)21-9-4-12-24(17-21)32-19-20-7-2-1-3-8-20;23-22-21-11-5-10-19(20(21)12-13-24-22)17-8-4-9-18(14-17)25-15-16-6-2-1-3-7-16;22-15-5-2-6-16(13-15)24-21-20-9-3-8-18(19(20)10-11-23-21)14-4-1-7-17(25)12-14;1-2(3)4;2-1-3;;2-1(3)4;/h1-18H,19H2,(H,29,30);1-18H,19,29H2,(H,30,31);1-14H,15H2;1-13,25H,22H2,(H,23,24);1H3,(H,3,4);1H2;1H4;;. The summed E-state index contributed by atoms with van der Waals surface area (Å²) in [5, 5.41) is 47.2. The van der Waals surface area contributed by atoms with Crippen LogP contribution in [-0.2, 0) is 44.1 Å². The molecule has 0 saturated carbocycles. The van der Waals surface area contributed by atoms with E-state index in [0.717, 1.165) is 151 Å². The smallest absolute Gasteiger partial charge is 0.369 e. The summed E-state index contributed by atoms with van der Waals surface area (Å²) in [5.74, 6) is 4.10. The van der Waals surface area contributed by atoms with E-state index in [1.165, 1.54) is 12.1 Å². The number of carboxylic acids is 1. The van der Waals surface area contributed by atoms with E-state index in [0.29, 0.717) is 47.9 Å². The first-order chi connectivity index (χ1) is 61.8. The summed E-state index contributed by atoms with van der Waals surface area (Å²) in [4.78, 5) is 37.4. The Morgan fingerprint density at radius 1 is 0.395 bits per heavy atom. The van der Waals surface area contributed by atoms with Gasteiger partial charge in [0.05, 0.1) is 10.3 Å². The summed E-state index contributed by atoms with van der Waals surface area (Å²) >= 11 is 25.1. The van der Waals surface area contributed by atoms with E-state index in [-0.39, 0.29) is 46.9 Å². The third-order valence-corrected chi connectivity index (χ3v) is 19.4. The van der Waals surface area contributed by atoms with E-state index in [4.69, 9.17) is 70.4 Å². The number of carbonyl (C=O) groups is 1. The number of phenols is 1. The number of rotatable bonds is 20. The van der Waals surface area contributed by atoms with Gasteiger partial charge in [-0.15, -0.1) is 70.5 Å². The zero-order chi connectivity index (χ0) is 89.2. The van der Waals surface area contributed by atoms with Gasteiger partial charge in [0.2, 0.25) is 0 Å². The quantitative estimate of drug-likeness (QED) is 0.00933. The molecule has 0 amide bonds. The Labute approximate surface area is 801 Å². The molecule has 129 heavy (non-hydrogen) atoms. The van der Waals surface area contributed by atoms with Gasteiger partial charge in [0, 0.05) is 113 Å². The van der Waals surface area contributed by atoms with Crippen LogP contribution in [0.25, 0.3) is 87.6 Å². The van der Waals surface area contributed by atoms with Gasteiger partial charge in [-0.2, -0.15) is 0 Å². The summed E-state index contributed by atoms with van der Waals surface area (Å²) in [6.45, 7) is 2.68. The molecule has 0 bridgehead atoms. The molecule has 18 nitrogen and oxygen atoms in total. The van der Waals surface area contributed by atoms with E-state index < -0.39 is 10.9 Å². The normalized spacial score (nSPS) is 10.2. The summed E-state index contributed by atoms with van der Waals surface area (Å²) < 4.78 is 18.3. The van der Waals surface area contributed by atoms with Gasteiger partial charge in [0.25, 0.3) is 11.7 Å². The van der Waals surface area contributed by atoms with Crippen molar-refractivity contribution in [2.75, 3.05) is 32.8 Å². The number of ether oxygens (including phenoxy) is 3. The second-order valence-corrected chi connectivity index (χ2v) is 35.5. The SMILES string of the molecule is BrB(Br)Br.C.CC(=O)O.ClCCl.Clc1nccc2c(-c3cccc(OCc4ccccc4)c3)cccc12.Nc1cccc(Nc2nccc3c(-c4cccc(O)c4)cccc23)c1.Nc1cccc(Nc2nccc3c(-c4cccc(OCc5ccccc5)c4)cccc23)c1.O=[N+]([O-])c1cccc(Nc2nccc3c(-c4cccc(OCc5ccccc5)c4)cccc23)c1.[Zn]. The molecule has 0 radical (unpaired) electrons. The monoisotopic (exact) mass is 2010 g/mol. The number of anilines is 8. The first-order valence-corrected chi connectivity index (χ1v) is 43.8. The Morgan fingerprint density at radius 2 is 0.682 bits per heavy atom. The predicted molar refractivity (Wildman–Crippen MR) is 542 cm³/mol. The fraction of sp³-hybridized carbons (Fsp3) is 0.0583. The Bertz CT molecular complexity index is 6710. The molecule has 9 N–H and O–H groups in total. The molecule has 0 spiro atoms. The van der Waals surface area contributed by atoms with Crippen LogP contribution in [0.2, 0.25) is 5.15 Å². The molecule has 18 aromatic rings. The van der Waals surface area contributed by atoms with Crippen LogP contribution in [-0.4, -0.2) is 49.6 Å². The van der Waals surface area contributed by atoms with Crippen molar-refractivity contribution in [2.24, 2.45) is 0 Å². The molecule has 0 fully saturated rings. The second-order valence-electron chi connectivity index (χ2n) is 27.9. The molecular weight excluding hydrogens is 1930 g/mol. The predicted octanol–water partition coefficient (Wildman–Crippen LogP) is 29.3. The van der Waals surface area contributed by atoms with Crippen LogP contribution in [0, 0.1) is 10.1 Å². The molecule has 4 heterocycles. The topological polar surface area (TPSA) is 268 Å². The van der Waals surface area contributed by atoms with Crippen molar-refractivity contribution in [3.63, 3.8) is 0 Å². The number of nitrogens with two attached hydrogens (primary N) is 2. The second kappa shape index (κ2) is 50.4. The Kier molecular flexibility index (Phi) is 38.2. The third kappa shape index (κ3) is 29.2. The molecule has 0 aliphatic heterocycles. The molecule has 26 heteroatoms. The number of halogens is 6. The summed E-state index contributed by atoms with van der Waals surface area (Å²) in [5.41, 5.74) is 27.6. The van der Waals surface area contributed by atoms with Gasteiger partial charge in [0.15, 0.2) is 0 Å². The van der Waals surface area contributed by atoms with Gasteiger partial charge in [-0.1, -0.05) is 250 Å². The molecule has 0 atom stereocenters. The summed E-state index contributed by atoms with van der Waals surface area (Å²) in [6, 6.07) is 116. The minimum atomic E-state index is -0.833. The zero-order valence-electron chi connectivity index (χ0n) is 69.0. The fourth-order valence-corrected chi connectivity index (χ4v) is 13.8. The average molecular weight is 2020 g/mol. The van der Waals surface area contributed by atoms with Crippen molar-refractivity contribution in [3.8, 4) is 67.5 Å². The number of carboxylic acid groups (broad SMARTS) is 1. The number of aromatic hydroxyl groups is 1. The first kappa shape index (κ1) is 98.0. The number of nitrogens with zero attached hydrogens (tertiary/aromatic N) is 5. The number of nitrogen functional groups attached to an aromatic ring is 2. The van der Waals surface area contributed by atoms with Crippen LogP contribution < -0.4 is 41.6 Å². The molecule has 4 aromatic heterocycles. The van der Waals surface area contributed by atoms with Crippen LogP contribution in [0.5, 0.6) is 23.0 Å². The molecule has 0 aliphatic carbocycles. The number of phenolic OH excluding ortho intramolecular Hbond substituents is 1. The average Bonchev–Trinajstić information content (AvgIpc) is 0.796. The maximum atomic E-state index is 11.1. The van der Waals surface area contributed by atoms with Crippen molar-refractivity contribution >= 4 is 186 Å². The number of benzene rings is 14. The first-order valence-electron chi connectivity index (χ1n) is 39.6. The molecule has 14 aromatic carbocycles. The van der Waals surface area contributed by atoms with Gasteiger partial charge in [-0.25, -0.2) is 19.9 Å². The van der Waals surface area contributed by atoms with Gasteiger partial charge in [0.1, 0.15) is 65.4 Å². The number of nitro groups is 1. The number of alkyl halides is 2. The Hall–Kier alpha value is -13.2. The van der Waals surface area contributed by atoms with Crippen molar-refractivity contribution in [1.82, 2.24) is 19.9 Å². The molecule has 0 saturated heterocycles. The largest absolute Gasteiger partial charge is 0.508 e. The number of nitro benzene ring substituents is 1. The summed E-state index contributed by atoms with van der Waals surface area (Å²) in [6.07, 6.45) is 7.09. The van der Waals surface area contributed by atoms with Crippen molar-refractivity contribution < 1.29 is 53.6 Å². The number of aliphatic carboxylic acids is 1.